The summed E-state index contributed by atoms with van der Waals surface area (Å²) in [6.07, 6.45) is 6.02. The van der Waals surface area contributed by atoms with Crippen molar-refractivity contribution in [1.82, 2.24) is 0 Å². The monoisotopic (exact) mass is 954 g/mol. The number of hydrogen-bond donors (Lipinski definition) is 0. The van der Waals surface area contributed by atoms with Gasteiger partial charge in [0.1, 0.15) is 0 Å². The molecule has 0 amide bonds. The van der Waals surface area contributed by atoms with E-state index in [2.05, 4.69) is 267 Å². The van der Waals surface area contributed by atoms with Gasteiger partial charge in [0.25, 0.3) is 6.71 Å². The van der Waals surface area contributed by atoms with E-state index in [0.717, 1.165) is 12.1 Å². The summed E-state index contributed by atoms with van der Waals surface area (Å²) in [6.45, 7) is 26.3. The van der Waals surface area contributed by atoms with Gasteiger partial charge in [-0.25, -0.2) is 0 Å². The fraction of sp³-hybridized carbons (Fsp3) is 0.304. The Labute approximate surface area is 437 Å². The van der Waals surface area contributed by atoms with Crippen molar-refractivity contribution in [3.63, 3.8) is 0 Å². The van der Waals surface area contributed by atoms with Gasteiger partial charge in [0.2, 0.25) is 0 Å². The molecule has 3 nitrogen and oxygen atoms in total. The molecule has 8 aromatic rings. The van der Waals surface area contributed by atoms with Gasteiger partial charge in [-0.15, -0.1) is 0 Å². The van der Waals surface area contributed by atoms with Crippen LogP contribution in [-0.4, -0.2) is 12.3 Å². The van der Waals surface area contributed by atoms with Crippen LogP contribution in [0.1, 0.15) is 131 Å². The summed E-state index contributed by atoms with van der Waals surface area (Å²) >= 11 is 0. The second-order valence-electron chi connectivity index (χ2n) is 25.4. The summed E-state index contributed by atoms with van der Waals surface area (Å²) < 4.78 is 0. The third-order valence-electron chi connectivity index (χ3n) is 17.7. The lowest BCUT2D eigenvalue weighted by Crippen LogP contribution is -2.61. The molecule has 0 radical (unpaired) electrons. The Morgan fingerprint density at radius 1 is 0.384 bits per heavy atom. The first kappa shape index (κ1) is 47.2. The maximum Gasteiger partial charge on any atom is 0.252 e. The number of fused-ring (bicyclic) bond motifs is 7. The SMILES string of the molecule is CC(C)(C)c1ccc(N2c3ccc(C(C)(C)C)cc3B3c4ccc(-c5ccccc5)cc4N(c4cccc(-c5ccccc5)c4)c4cc(N5c6ccc(C(C)(C)C)cc6C6(C)CCCCCC56C)cc2c43)cc1. The van der Waals surface area contributed by atoms with Crippen LogP contribution >= 0.6 is 0 Å². The highest BCUT2D eigenvalue weighted by Crippen LogP contribution is 2.61. The van der Waals surface area contributed by atoms with Crippen LogP contribution in [0.4, 0.5) is 45.5 Å². The fourth-order valence-corrected chi connectivity index (χ4v) is 13.3. The van der Waals surface area contributed by atoms with Gasteiger partial charge in [0.05, 0.1) is 5.54 Å². The van der Waals surface area contributed by atoms with Crippen LogP contribution in [0.15, 0.2) is 176 Å². The normalized spacial score (nSPS) is 19.2. The van der Waals surface area contributed by atoms with Crippen LogP contribution in [0.25, 0.3) is 22.3 Å². The standard InChI is InChI=1S/C69H72BN3/c1-65(2,3)50-29-33-53(34-30-50)71-60-37-32-52(67(7,8)9)43-58(60)70-57-35-28-49(47-24-17-13-18-25-47)41-61(57)72(54-27-21-26-48(40-54)46-22-15-12-16-23-46)63-45-55(44-62(71)64(63)70)73-59-36-31-51(66(4,5)6)42-56(59)68(10)38-19-14-20-39-69(68,73)11/h12-13,15-18,21-37,40-45H,14,19-20,38-39H2,1-11H3. The smallest absolute Gasteiger partial charge is 0.252 e. The molecule has 0 aromatic heterocycles. The highest BCUT2D eigenvalue weighted by atomic mass is 15.3. The summed E-state index contributed by atoms with van der Waals surface area (Å²) in [5.41, 5.74) is 24.2. The third-order valence-corrected chi connectivity index (χ3v) is 17.7. The summed E-state index contributed by atoms with van der Waals surface area (Å²) in [5.74, 6) is 0. The van der Waals surface area contributed by atoms with Crippen LogP contribution in [0.2, 0.25) is 0 Å². The minimum Gasteiger partial charge on any atom is -0.334 e. The third kappa shape index (κ3) is 7.60. The zero-order chi connectivity index (χ0) is 50.8. The Kier molecular flexibility index (Phi) is 10.9. The molecule has 8 aromatic carbocycles. The molecule has 0 bridgehead atoms. The number of rotatable bonds is 5. The molecular formula is C69H72BN3. The van der Waals surface area contributed by atoms with Crippen LogP contribution < -0.4 is 31.1 Å². The van der Waals surface area contributed by atoms with Crippen molar-refractivity contribution in [2.24, 2.45) is 0 Å². The van der Waals surface area contributed by atoms with E-state index >= 15 is 0 Å². The maximum absolute atomic E-state index is 2.83. The van der Waals surface area contributed by atoms with E-state index in [-0.39, 0.29) is 33.9 Å². The van der Waals surface area contributed by atoms with E-state index < -0.39 is 0 Å². The first-order valence-electron chi connectivity index (χ1n) is 27.2. The molecule has 3 heterocycles. The second-order valence-corrected chi connectivity index (χ2v) is 25.4. The molecule has 1 aliphatic carbocycles. The van der Waals surface area contributed by atoms with E-state index in [1.807, 2.05) is 0 Å². The number of benzene rings is 8. The van der Waals surface area contributed by atoms with Gasteiger partial charge >= 0.3 is 0 Å². The zero-order valence-electron chi connectivity index (χ0n) is 45.2. The molecule has 3 aliphatic heterocycles. The van der Waals surface area contributed by atoms with Crippen molar-refractivity contribution >= 4 is 68.6 Å². The largest absolute Gasteiger partial charge is 0.334 e. The van der Waals surface area contributed by atoms with Crippen molar-refractivity contribution in [2.45, 2.75) is 135 Å². The van der Waals surface area contributed by atoms with E-state index in [9.17, 15) is 0 Å². The van der Waals surface area contributed by atoms with Gasteiger partial charge in [0, 0.05) is 50.9 Å². The highest BCUT2D eigenvalue weighted by Gasteiger charge is 2.57. The predicted octanol–water partition coefficient (Wildman–Crippen LogP) is 17.1. The van der Waals surface area contributed by atoms with Crippen LogP contribution in [0.5, 0.6) is 0 Å². The minimum atomic E-state index is -0.165. The van der Waals surface area contributed by atoms with Gasteiger partial charge in [-0.05, 0) is 152 Å². The van der Waals surface area contributed by atoms with E-state index in [1.54, 1.807) is 0 Å². The van der Waals surface area contributed by atoms with Gasteiger partial charge in [-0.2, -0.15) is 0 Å². The van der Waals surface area contributed by atoms with E-state index in [4.69, 9.17) is 0 Å². The van der Waals surface area contributed by atoms with E-state index in [1.165, 1.54) is 126 Å². The number of anilines is 8. The summed E-state index contributed by atoms with van der Waals surface area (Å²) in [7, 11) is 0. The van der Waals surface area contributed by atoms with Crippen molar-refractivity contribution in [3.05, 3.63) is 198 Å². The van der Waals surface area contributed by atoms with Gasteiger partial charge in [-0.1, -0.05) is 210 Å². The molecule has 1 saturated carbocycles. The molecule has 2 unspecified atom stereocenters. The number of hydrogen-bond acceptors (Lipinski definition) is 3. The Hall–Kier alpha value is -6.78. The average Bonchev–Trinajstić information content (AvgIpc) is 3.45. The Bertz CT molecular complexity index is 3430. The minimum absolute atomic E-state index is 0.0197. The maximum atomic E-state index is 2.83. The highest BCUT2D eigenvalue weighted by molar-refractivity contribution is 7.00. The number of nitrogens with zero attached hydrogens (tertiary/aromatic N) is 3. The lowest BCUT2D eigenvalue weighted by atomic mass is 9.33. The van der Waals surface area contributed by atoms with Crippen LogP contribution in [-0.2, 0) is 21.7 Å². The fourth-order valence-electron chi connectivity index (χ4n) is 13.3. The lowest BCUT2D eigenvalue weighted by Gasteiger charge is -2.48. The van der Waals surface area contributed by atoms with Crippen molar-refractivity contribution in [2.75, 3.05) is 14.7 Å². The predicted molar refractivity (Wildman–Crippen MR) is 315 cm³/mol. The zero-order valence-corrected chi connectivity index (χ0v) is 45.2. The van der Waals surface area contributed by atoms with Crippen LogP contribution in [0.3, 0.4) is 0 Å². The lowest BCUT2D eigenvalue weighted by molar-refractivity contribution is 0.261. The quantitative estimate of drug-likeness (QED) is 0.159. The topological polar surface area (TPSA) is 9.72 Å². The Morgan fingerprint density at radius 2 is 0.932 bits per heavy atom. The molecule has 366 valence electrons. The van der Waals surface area contributed by atoms with Gasteiger partial charge in [0.15, 0.2) is 0 Å². The molecular weight excluding hydrogens is 882 g/mol. The summed E-state index contributed by atoms with van der Waals surface area (Å²) in [6, 6.07) is 68.1. The Morgan fingerprint density at radius 3 is 1.56 bits per heavy atom. The van der Waals surface area contributed by atoms with Gasteiger partial charge in [-0.3, -0.25) is 0 Å². The first-order chi connectivity index (χ1) is 34.8. The summed E-state index contributed by atoms with van der Waals surface area (Å²) in [4.78, 5) is 8.10. The second kappa shape index (κ2) is 16.9. The first-order valence-corrected chi connectivity index (χ1v) is 27.2. The van der Waals surface area contributed by atoms with Crippen molar-refractivity contribution < 1.29 is 0 Å². The molecule has 1 fully saturated rings. The van der Waals surface area contributed by atoms with Crippen LogP contribution in [0, 0.1) is 0 Å². The van der Waals surface area contributed by atoms with Crippen molar-refractivity contribution in [1.29, 1.82) is 0 Å². The molecule has 4 aliphatic rings. The van der Waals surface area contributed by atoms with E-state index in [0.29, 0.717) is 0 Å². The molecule has 0 N–H and O–H groups in total. The van der Waals surface area contributed by atoms with Crippen molar-refractivity contribution in [3.8, 4) is 22.3 Å². The van der Waals surface area contributed by atoms with Gasteiger partial charge < -0.3 is 14.7 Å². The molecule has 73 heavy (non-hydrogen) atoms. The average molecular weight is 954 g/mol. The summed E-state index contributed by atoms with van der Waals surface area (Å²) in [5, 5.41) is 0. The molecule has 0 spiro atoms. The molecule has 12 rings (SSSR count). The molecule has 2 atom stereocenters. The molecule has 4 heteroatoms. The molecule has 0 saturated heterocycles. The Balaban J connectivity index is 1.21.